The van der Waals surface area contributed by atoms with E-state index in [1.165, 1.54) is 37.7 Å². The Morgan fingerprint density at radius 1 is 1.33 bits per heavy atom. The third kappa shape index (κ3) is 4.44. The number of rotatable bonds is 6. The summed E-state index contributed by atoms with van der Waals surface area (Å²) in [6, 6.07) is 5.09. The van der Waals surface area contributed by atoms with Crippen LogP contribution in [0.15, 0.2) is 12.1 Å². The number of anilines is 1. The largest absolute Gasteiger partial charge is 0.357 e. The fourth-order valence-electron chi connectivity index (χ4n) is 3.30. The number of hydrogen-bond donors (Lipinski definition) is 1. The molecule has 118 valence electrons. The number of hydrogen-bond acceptors (Lipinski definition) is 3. The van der Waals surface area contributed by atoms with Gasteiger partial charge in [-0.25, -0.2) is 4.98 Å². The van der Waals surface area contributed by atoms with E-state index in [0.29, 0.717) is 6.04 Å². The third-order valence-electron chi connectivity index (χ3n) is 4.74. The Labute approximate surface area is 130 Å². The van der Waals surface area contributed by atoms with Crippen LogP contribution in [0.25, 0.3) is 0 Å². The highest BCUT2D eigenvalue weighted by Crippen LogP contribution is 2.29. The first-order chi connectivity index (χ1) is 10.1. The minimum Gasteiger partial charge on any atom is -0.357 e. The van der Waals surface area contributed by atoms with E-state index in [1.54, 1.807) is 0 Å². The molecule has 21 heavy (non-hydrogen) atoms. The van der Waals surface area contributed by atoms with Gasteiger partial charge in [0.15, 0.2) is 0 Å². The van der Waals surface area contributed by atoms with Crippen LogP contribution in [-0.4, -0.2) is 24.6 Å². The molecule has 0 amide bonds. The van der Waals surface area contributed by atoms with Crippen LogP contribution in [0.4, 0.5) is 5.82 Å². The number of aryl methyl sites for hydroxylation is 1. The topological polar surface area (TPSA) is 28.2 Å². The Bertz CT molecular complexity index is 444. The lowest BCUT2D eigenvalue weighted by Gasteiger charge is -2.35. The molecule has 1 aliphatic carbocycles. The van der Waals surface area contributed by atoms with Gasteiger partial charge in [-0.2, -0.15) is 0 Å². The summed E-state index contributed by atoms with van der Waals surface area (Å²) in [5.41, 5.74) is 2.48. The molecule has 1 N–H and O–H groups in total. The Balaban J connectivity index is 2.01. The van der Waals surface area contributed by atoms with Crippen molar-refractivity contribution in [2.45, 2.75) is 65.5 Å². The standard InChI is InChI=1S/C18H31N3/c1-5-11-19-13-16-9-10-18(20-15(16)3)21(4)17-8-6-7-14(2)12-17/h9-10,14,17,19H,5-8,11-13H2,1-4H3. The van der Waals surface area contributed by atoms with Gasteiger partial charge in [-0.3, -0.25) is 0 Å². The van der Waals surface area contributed by atoms with E-state index in [0.717, 1.165) is 30.5 Å². The average molecular weight is 289 g/mol. The van der Waals surface area contributed by atoms with E-state index in [9.17, 15) is 0 Å². The average Bonchev–Trinajstić information content (AvgIpc) is 2.48. The molecule has 2 atom stereocenters. The summed E-state index contributed by atoms with van der Waals surface area (Å²) in [5, 5.41) is 3.46. The van der Waals surface area contributed by atoms with Gasteiger partial charge in [0, 0.05) is 25.3 Å². The van der Waals surface area contributed by atoms with Crippen LogP contribution in [0, 0.1) is 12.8 Å². The molecule has 2 rings (SSSR count). The maximum atomic E-state index is 4.84. The van der Waals surface area contributed by atoms with Gasteiger partial charge in [0.25, 0.3) is 0 Å². The first-order valence-electron chi connectivity index (χ1n) is 8.52. The summed E-state index contributed by atoms with van der Waals surface area (Å²) < 4.78 is 0. The summed E-state index contributed by atoms with van der Waals surface area (Å²) in [4.78, 5) is 7.23. The Kier molecular flexibility index (Phi) is 6.04. The highest BCUT2D eigenvalue weighted by atomic mass is 15.2. The van der Waals surface area contributed by atoms with Gasteiger partial charge in [-0.05, 0) is 50.3 Å². The number of nitrogens with zero attached hydrogens (tertiary/aromatic N) is 2. The second kappa shape index (κ2) is 7.79. The molecular formula is C18H31N3. The van der Waals surface area contributed by atoms with Crippen molar-refractivity contribution in [2.24, 2.45) is 5.92 Å². The van der Waals surface area contributed by atoms with E-state index in [-0.39, 0.29) is 0 Å². The molecule has 3 nitrogen and oxygen atoms in total. The lowest BCUT2D eigenvalue weighted by Crippen LogP contribution is -2.36. The monoisotopic (exact) mass is 289 g/mol. The Morgan fingerprint density at radius 3 is 2.81 bits per heavy atom. The summed E-state index contributed by atoms with van der Waals surface area (Å²) in [6.45, 7) is 8.70. The van der Waals surface area contributed by atoms with Crippen molar-refractivity contribution in [1.82, 2.24) is 10.3 Å². The number of nitrogens with one attached hydrogen (secondary N) is 1. The van der Waals surface area contributed by atoms with Crippen molar-refractivity contribution in [2.75, 3.05) is 18.5 Å². The molecule has 1 saturated carbocycles. The van der Waals surface area contributed by atoms with Gasteiger partial charge in [-0.1, -0.05) is 32.8 Å². The zero-order valence-corrected chi connectivity index (χ0v) is 14.2. The SMILES string of the molecule is CCCNCc1ccc(N(C)C2CCCC(C)C2)nc1C. The lowest BCUT2D eigenvalue weighted by molar-refractivity contribution is 0.335. The minimum atomic E-state index is 0.657. The van der Waals surface area contributed by atoms with Gasteiger partial charge in [0.1, 0.15) is 5.82 Å². The molecule has 1 aromatic heterocycles. The normalized spacial score (nSPS) is 22.3. The molecular weight excluding hydrogens is 258 g/mol. The van der Waals surface area contributed by atoms with Crippen molar-refractivity contribution in [1.29, 1.82) is 0 Å². The smallest absolute Gasteiger partial charge is 0.128 e. The zero-order chi connectivity index (χ0) is 15.2. The van der Waals surface area contributed by atoms with Crippen LogP contribution < -0.4 is 10.2 Å². The van der Waals surface area contributed by atoms with E-state index < -0.39 is 0 Å². The number of aromatic nitrogens is 1. The second-order valence-corrected chi connectivity index (χ2v) is 6.63. The van der Waals surface area contributed by atoms with Gasteiger partial charge in [-0.15, -0.1) is 0 Å². The van der Waals surface area contributed by atoms with Gasteiger partial charge >= 0.3 is 0 Å². The first-order valence-corrected chi connectivity index (χ1v) is 8.52. The summed E-state index contributed by atoms with van der Waals surface area (Å²) in [7, 11) is 2.21. The van der Waals surface area contributed by atoms with Crippen molar-refractivity contribution in [3.63, 3.8) is 0 Å². The summed E-state index contributed by atoms with van der Waals surface area (Å²) in [6.07, 6.45) is 6.53. The second-order valence-electron chi connectivity index (χ2n) is 6.63. The van der Waals surface area contributed by atoms with Crippen molar-refractivity contribution < 1.29 is 0 Å². The molecule has 1 aliphatic rings. The molecule has 2 unspecified atom stereocenters. The van der Waals surface area contributed by atoms with Crippen LogP contribution in [0.5, 0.6) is 0 Å². The molecule has 0 spiro atoms. The fourth-order valence-corrected chi connectivity index (χ4v) is 3.30. The number of pyridine rings is 1. The molecule has 1 fully saturated rings. The van der Waals surface area contributed by atoms with Crippen LogP contribution in [-0.2, 0) is 6.54 Å². The Hall–Kier alpha value is -1.09. The molecule has 0 radical (unpaired) electrons. The van der Waals surface area contributed by atoms with Crippen molar-refractivity contribution in [3.8, 4) is 0 Å². The van der Waals surface area contributed by atoms with Gasteiger partial charge in [0.05, 0.1) is 0 Å². The van der Waals surface area contributed by atoms with E-state index in [1.807, 2.05) is 0 Å². The lowest BCUT2D eigenvalue weighted by atomic mass is 9.86. The predicted octanol–water partition coefficient (Wildman–Crippen LogP) is 3.90. The molecule has 3 heteroatoms. The van der Waals surface area contributed by atoms with E-state index in [2.05, 4.69) is 50.2 Å². The molecule has 0 aliphatic heterocycles. The summed E-state index contributed by atoms with van der Waals surface area (Å²) >= 11 is 0. The van der Waals surface area contributed by atoms with Crippen LogP contribution in [0.3, 0.4) is 0 Å². The van der Waals surface area contributed by atoms with Crippen LogP contribution in [0.2, 0.25) is 0 Å². The Morgan fingerprint density at radius 2 is 2.14 bits per heavy atom. The maximum Gasteiger partial charge on any atom is 0.128 e. The quantitative estimate of drug-likeness (QED) is 0.805. The van der Waals surface area contributed by atoms with Gasteiger partial charge in [0.2, 0.25) is 0 Å². The van der Waals surface area contributed by atoms with Crippen molar-refractivity contribution in [3.05, 3.63) is 23.4 Å². The molecule has 0 saturated heterocycles. The summed E-state index contributed by atoms with van der Waals surface area (Å²) in [5.74, 6) is 1.98. The molecule has 0 aromatic carbocycles. The fraction of sp³-hybridized carbons (Fsp3) is 0.722. The minimum absolute atomic E-state index is 0.657. The maximum absolute atomic E-state index is 4.84. The van der Waals surface area contributed by atoms with Crippen LogP contribution in [0.1, 0.15) is 57.2 Å². The first kappa shape index (κ1) is 16.3. The highest BCUT2D eigenvalue weighted by Gasteiger charge is 2.23. The molecule has 0 bridgehead atoms. The predicted molar refractivity (Wildman–Crippen MR) is 90.8 cm³/mol. The molecule has 1 aromatic rings. The van der Waals surface area contributed by atoms with E-state index >= 15 is 0 Å². The van der Waals surface area contributed by atoms with E-state index in [4.69, 9.17) is 4.98 Å². The van der Waals surface area contributed by atoms with Crippen LogP contribution >= 0.6 is 0 Å². The van der Waals surface area contributed by atoms with Crippen molar-refractivity contribution >= 4 is 5.82 Å². The molecule has 1 heterocycles. The third-order valence-corrected chi connectivity index (χ3v) is 4.74. The highest BCUT2D eigenvalue weighted by molar-refractivity contribution is 5.42. The van der Waals surface area contributed by atoms with Gasteiger partial charge < -0.3 is 10.2 Å². The zero-order valence-electron chi connectivity index (χ0n) is 14.2.